The molecule has 1 saturated heterocycles. The van der Waals surface area contributed by atoms with E-state index in [2.05, 4.69) is 34.2 Å². The van der Waals surface area contributed by atoms with Gasteiger partial charge in [-0.2, -0.15) is 0 Å². The molecule has 0 radical (unpaired) electrons. The molecule has 0 atom stereocenters. The lowest BCUT2D eigenvalue weighted by atomic mass is 9.74. The first-order chi connectivity index (χ1) is 10.1. The molecule has 1 aliphatic heterocycles. The zero-order chi connectivity index (χ0) is 15.3. The van der Waals surface area contributed by atoms with Gasteiger partial charge in [-0.3, -0.25) is 4.79 Å². The van der Waals surface area contributed by atoms with Gasteiger partial charge in [0.1, 0.15) is 0 Å². The molecule has 1 amide bonds. The molecule has 116 valence electrons. The number of benzene rings is 1. The minimum Gasteiger partial charge on any atom is -0.341 e. The summed E-state index contributed by atoms with van der Waals surface area (Å²) >= 11 is 3.57. The largest absolute Gasteiger partial charge is 0.341 e. The van der Waals surface area contributed by atoms with Crippen molar-refractivity contribution < 1.29 is 4.79 Å². The molecule has 0 bridgehead atoms. The first-order valence-electron chi connectivity index (χ1n) is 7.79. The molecule has 2 rings (SSSR count). The molecule has 0 saturated carbocycles. The Bertz CT molecular complexity index is 478. The summed E-state index contributed by atoms with van der Waals surface area (Å²) in [6.45, 7) is 4.74. The van der Waals surface area contributed by atoms with E-state index in [0.29, 0.717) is 12.5 Å². The Morgan fingerprint density at radius 1 is 1.33 bits per heavy atom. The van der Waals surface area contributed by atoms with Gasteiger partial charge in [0, 0.05) is 18.1 Å². The van der Waals surface area contributed by atoms with Crippen LogP contribution in [0.25, 0.3) is 0 Å². The molecule has 1 N–H and O–H groups in total. The molecule has 1 aromatic rings. The van der Waals surface area contributed by atoms with Crippen LogP contribution in [0.2, 0.25) is 0 Å². The summed E-state index contributed by atoms with van der Waals surface area (Å²) in [6.07, 6.45) is 3.97. The second-order valence-electron chi connectivity index (χ2n) is 6.03. The molecular weight excluding hydrogens is 328 g/mol. The number of amides is 1. The summed E-state index contributed by atoms with van der Waals surface area (Å²) in [4.78, 5) is 14.9. The number of carbonyl (C=O) groups excluding carboxylic acids is 1. The Morgan fingerprint density at radius 2 is 2.00 bits per heavy atom. The van der Waals surface area contributed by atoms with Crippen molar-refractivity contribution in [2.75, 3.05) is 20.1 Å². The van der Waals surface area contributed by atoms with Crippen LogP contribution in [-0.2, 0) is 11.3 Å². The maximum atomic E-state index is 13.0. The molecule has 1 aromatic carbocycles. The fourth-order valence-electron chi connectivity index (χ4n) is 3.31. The highest BCUT2D eigenvalue weighted by atomic mass is 79.9. The monoisotopic (exact) mass is 352 g/mol. The van der Waals surface area contributed by atoms with Crippen LogP contribution in [0.5, 0.6) is 0 Å². The highest BCUT2D eigenvalue weighted by molar-refractivity contribution is 9.10. The van der Waals surface area contributed by atoms with E-state index in [0.717, 1.165) is 48.8 Å². The topological polar surface area (TPSA) is 32.3 Å². The maximum absolute atomic E-state index is 13.0. The number of hydrogen-bond acceptors (Lipinski definition) is 2. The van der Waals surface area contributed by atoms with E-state index in [4.69, 9.17) is 0 Å². The van der Waals surface area contributed by atoms with Crippen molar-refractivity contribution in [1.29, 1.82) is 0 Å². The lowest BCUT2D eigenvalue weighted by molar-refractivity contribution is -0.143. The number of hydrogen-bond donors (Lipinski definition) is 1. The fourth-order valence-corrected chi connectivity index (χ4v) is 3.72. The second-order valence-corrected chi connectivity index (χ2v) is 6.89. The Morgan fingerprint density at radius 3 is 2.62 bits per heavy atom. The Kier molecular flexibility index (Phi) is 5.82. The van der Waals surface area contributed by atoms with Crippen LogP contribution in [0.3, 0.4) is 0 Å². The number of nitrogens with zero attached hydrogens (tertiary/aromatic N) is 1. The fraction of sp³-hybridized carbons (Fsp3) is 0.588. The van der Waals surface area contributed by atoms with Gasteiger partial charge in [-0.1, -0.05) is 47.5 Å². The molecular formula is C17H25BrN2O. The Labute approximate surface area is 136 Å². The van der Waals surface area contributed by atoms with E-state index in [-0.39, 0.29) is 5.41 Å². The standard InChI is InChI=1S/C17H25BrN2O/c1-3-8-17(9-11-19-12-10-17)16(21)20(2)13-14-6-4-5-7-15(14)18/h4-7,19H,3,8-13H2,1-2H3. The van der Waals surface area contributed by atoms with E-state index < -0.39 is 0 Å². The molecule has 21 heavy (non-hydrogen) atoms. The van der Waals surface area contributed by atoms with Gasteiger partial charge >= 0.3 is 0 Å². The smallest absolute Gasteiger partial charge is 0.228 e. The third kappa shape index (κ3) is 3.86. The maximum Gasteiger partial charge on any atom is 0.228 e. The van der Waals surface area contributed by atoms with Gasteiger partial charge in [-0.15, -0.1) is 0 Å². The van der Waals surface area contributed by atoms with Gasteiger partial charge < -0.3 is 10.2 Å². The van der Waals surface area contributed by atoms with Crippen molar-refractivity contribution in [3.63, 3.8) is 0 Å². The number of carbonyl (C=O) groups is 1. The van der Waals surface area contributed by atoms with Crippen LogP contribution in [0.4, 0.5) is 0 Å². The van der Waals surface area contributed by atoms with E-state index in [1.807, 2.05) is 30.1 Å². The van der Waals surface area contributed by atoms with Gasteiger partial charge in [-0.05, 0) is 44.0 Å². The van der Waals surface area contributed by atoms with Crippen molar-refractivity contribution in [2.45, 2.75) is 39.2 Å². The molecule has 0 unspecified atom stereocenters. The molecule has 0 aliphatic carbocycles. The zero-order valence-electron chi connectivity index (χ0n) is 13.0. The van der Waals surface area contributed by atoms with Crippen molar-refractivity contribution >= 4 is 21.8 Å². The van der Waals surface area contributed by atoms with E-state index in [1.165, 1.54) is 0 Å². The summed E-state index contributed by atoms with van der Waals surface area (Å²) in [7, 11) is 1.93. The van der Waals surface area contributed by atoms with Crippen molar-refractivity contribution in [3.05, 3.63) is 34.3 Å². The number of rotatable bonds is 5. The lowest BCUT2D eigenvalue weighted by Crippen LogP contribution is -2.48. The third-order valence-electron chi connectivity index (χ3n) is 4.45. The first kappa shape index (κ1) is 16.5. The SMILES string of the molecule is CCCC1(C(=O)N(C)Cc2ccccc2Br)CCNCC1. The normalized spacial score (nSPS) is 17.5. The predicted octanol–water partition coefficient (Wildman–Crippen LogP) is 3.58. The first-order valence-corrected chi connectivity index (χ1v) is 8.58. The molecule has 1 fully saturated rings. The van der Waals surface area contributed by atoms with Gasteiger partial charge in [-0.25, -0.2) is 0 Å². The van der Waals surface area contributed by atoms with Crippen molar-refractivity contribution in [2.24, 2.45) is 5.41 Å². The van der Waals surface area contributed by atoms with Crippen LogP contribution in [0, 0.1) is 5.41 Å². The second kappa shape index (κ2) is 7.41. The summed E-state index contributed by atoms with van der Waals surface area (Å²) in [6, 6.07) is 8.12. The van der Waals surface area contributed by atoms with Gasteiger partial charge in [0.2, 0.25) is 5.91 Å². The Balaban J connectivity index is 2.11. The van der Waals surface area contributed by atoms with E-state index in [1.54, 1.807) is 0 Å². The van der Waals surface area contributed by atoms with Crippen LogP contribution < -0.4 is 5.32 Å². The van der Waals surface area contributed by atoms with E-state index in [9.17, 15) is 4.79 Å². The van der Waals surface area contributed by atoms with Gasteiger partial charge in [0.15, 0.2) is 0 Å². The zero-order valence-corrected chi connectivity index (χ0v) is 14.6. The summed E-state index contributed by atoms with van der Waals surface area (Å²) in [5.74, 6) is 0.307. The van der Waals surface area contributed by atoms with Gasteiger partial charge in [0.25, 0.3) is 0 Å². The third-order valence-corrected chi connectivity index (χ3v) is 5.23. The molecule has 1 aliphatic rings. The van der Waals surface area contributed by atoms with Gasteiger partial charge in [0.05, 0.1) is 5.41 Å². The highest BCUT2D eigenvalue weighted by Crippen LogP contribution is 2.36. The van der Waals surface area contributed by atoms with Crippen LogP contribution in [-0.4, -0.2) is 30.9 Å². The van der Waals surface area contributed by atoms with Crippen LogP contribution in [0.1, 0.15) is 38.2 Å². The lowest BCUT2D eigenvalue weighted by Gasteiger charge is -2.39. The number of nitrogens with one attached hydrogen (secondary N) is 1. The highest BCUT2D eigenvalue weighted by Gasteiger charge is 2.40. The van der Waals surface area contributed by atoms with E-state index >= 15 is 0 Å². The number of halogens is 1. The molecule has 0 aromatic heterocycles. The van der Waals surface area contributed by atoms with Crippen molar-refractivity contribution in [1.82, 2.24) is 10.2 Å². The molecule has 4 heteroatoms. The predicted molar refractivity (Wildman–Crippen MR) is 90.1 cm³/mol. The summed E-state index contributed by atoms with van der Waals surface area (Å²) < 4.78 is 1.07. The quantitative estimate of drug-likeness (QED) is 0.878. The minimum atomic E-state index is -0.157. The molecule has 0 spiro atoms. The molecule has 3 nitrogen and oxygen atoms in total. The average Bonchev–Trinajstić information content (AvgIpc) is 2.50. The summed E-state index contributed by atoms with van der Waals surface area (Å²) in [5, 5.41) is 3.37. The minimum absolute atomic E-state index is 0.157. The van der Waals surface area contributed by atoms with Crippen LogP contribution in [0.15, 0.2) is 28.7 Å². The average molecular weight is 353 g/mol. The molecule has 1 heterocycles. The van der Waals surface area contributed by atoms with Crippen molar-refractivity contribution in [3.8, 4) is 0 Å². The number of piperidine rings is 1. The Hall–Kier alpha value is -0.870. The summed E-state index contributed by atoms with van der Waals surface area (Å²) in [5.41, 5.74) is 1.00. The van der Waals surface area contributed by atoms with Crippen LogP contribution >= 0.6 is 15.9 Å².